The number of aliphatic hydroxyl groups excluding tert-OH is 1. The van der Waals surface area contributed by atoms with E-state index >= 15 is 0 Å². The van der Waals surface area contributed by atoms with Crippen LogP contribution in [0.25, 0.3) is 0 Å². The topological polar surface area (TPSA) is 75.8 Å². The minimum atomic E-state index is -0.504. The summed E-state index contributed by atoms with van der Waals surface area (Å²) in [5, 5.41) is 10.2. The molecule has 132 valence electrons. The van der Waals surface area contributed by atoms with E-state index in [1.165, 1.54) is 0 Å². The highest BCUT2D eigenvalue weighted by Gasteiger charge is 2.56. The van der Waals surface area contributed by atoms with Gasteiger partial charge in [0.2, 0.25) is 5.91 Å². The van der Waals surface area contributed by atoms with E-state index in [2.05, 4.69) is 0 Å². The number of nitrogens with zero attached hydrogens (tertiary/aromatic N) is 1. The summed E-state index contributed by atoms with van der Waals surface area (Å²) in [6.45, 7) is 3.97. The molecule has 3 unspecified atom stereocenters. The number of carbonyl (C=O) groups excluding carboxylic acids is 1. The third-order valence-corrected chi connectivity index (χ3v) is 5.73. The molecule has 1 saturated carbocycles. The predicted octanol–water partition coefficient (Wildman–Crippen LogP) is 1.33. The van der Waals surface area contributed by atoms with Gasteiger partial charge in [-0.2, -0.15) is 0 Å². The van der Waals surface area contributed by atoms with Crippen molar-refractivity contribution in [2.45, 2.75) is 50.9 Å². The second-order valence-electron chi connectivity index (χ2n) is 7.05. The van der Waals surface area contributed by atoms with Crippen LogP contribution in [0.2, 0.25) is 0 Å². The van der Waals surface area contributed by atoms with Crippen molar-refractivity contribution in [3.63, 3.8) is 0 Å². The summed E-state index contributed by atoms with van der Waals surface area (Å²) in [5.74, 6) is 0.00970. The van der Waals surface area contributed by atoms with Crippen LogP contribution in [0.5, 0.6) is 0 Å². The van der Waals surface area contributed by atoms with Crippen molar-refractivity contribution in [3.05, 3.63) is 35.9 Å². The van der Waals surface area contributed by atoms with E-state index in [0.717, 1.165) is 24.8 Å². The molecule has 1 saturated heterocycles. The van der Waals surface area contributed by atoms with Crippen molar-refractivity contribution < 1.29 is 14.6 Å². The van der Waals surface area contributed by atoms with E-state index in [-0.39, 0.29) is 23.5 Å². The molecule has 3 N–H and O–H groups in total. The molecular formula is C19H28N2O3. The Bertz CT molecular complexity index is 553. The van der Waals surface area contributed by atoms with Crippen molar-refractivity contribution in [2.24, 2.45) is 11.1 Å². The van der Waals surface area contributed by atoms with Gasteiger partial charge < -0.3 is 20.5 Å². The highest BCUT2D eigenvalue weighted by atomic mass is 16.5. The highest BCUT2D eigenvalue weighted by Crippen LogP contribution is 2.50. The highest BCUT2D eigenvalue weighted by molar-refractivity contribution is 5.82. The Labute approximate surface area is 143 Å². The van der Waals surface area contributed by atoms with E-state index in [4.69, 9.17) is 10.5 Å². The van der Waals surface area contributed by atoms with E-state index in [1.54, 1.807) is 0 Å². The van der Waals surface area contributed by atoms with Gasteiger partial charge in [0, 0.05) is 31.5 Å². The molecule has 2 aliphatic rings. The normalized spacial score (nSPS) is 26.9. The smallest absolute Gasteiger partial charge is 0.239 e. The molecule has 24 heavy (non-hydrogen) atoms. The molecule has 1 heterocycles. The van der Waals surface area contributed by atoms with Crippen LogP contribution < -0.4 is 5.73 Å². The first-order chi connectivity index (χ1) is 11.6. The van der Waals surface area contributed by atoms with Crippen LogP contribution in [-0.2, 0) is 16.0 Å². The van der Waals surface area contributed by atoms with Gasteiger partial charge in [-0.1, -0.05) is 30.3 Å². The number of carbonyl (C=O) groups is 1. The molecule has 1 aliphatic heterocycles. The molecule has 1 aliphatic carbocycles. The van der Waals surface area contributed by atoms with Crippen LogP contribution in [0.3, 0.4) is 0 Å². The molecule has 0 radical (unpaired) electrons. The second-order valence-corrected chi connectivity index (χ2v) is 7.05. The van der Waals surface area contributed by atoms with Crippen LogP contribution in [-0.4, -0.2) is 53.9 Å². The van der Waals surface area contributed by atoms with E-state index in [9.17, 15) is 9.90 Å². The van der Waals surface area contributed by atoms with Crippen molar-refractivity contribution in [1.29, 1.82) is 0 Å². The molecule has 1 aromatic rings. The lowest BCUT2D eigenvalue weighted by atomic mass is 9.58. The first-order valence-corrected chi connectivity index (χ1v) is 8.95. The standard InChI is InChI=1S/C19H28N2O3/c1-2-24-17-13-16(22)19(17)8-10-21(11-9-19)18(23)15(20)12-14-6-4-3-5-7-14/h3-7,15-17,22H,2,8-13,20H2,1H3. The molecule has 5 heteroatoms. The minimum absolute atomic E-state index is 0.00970. The Morgan fingerprint density at radius 1 is 1.38 bits per heavy atom. The zero-order chi connectivity index (χ0) is 17.2. The van der Waals surface area contributed by atoms with Crippen LogP contribution in [0.15, 0.2) is 30.3 Å². The summed E-state index contributed by atoms with van der Waals surface area (Å²) in [6.07, 6.45) is 2.70. The molecule has 0 bridgehead atoms. The molecule has 0 aromatic heterocycles. The van der Waals surface area contributed by atoms with Gasteiger partial charge >= 0.3 is 0 Å². The SMILES string of the molecule is CCOC1CC(O)C12CCN(C(=O)C(N)Cc1ccccc1)CC2. The number of nitrogens with two attached hydrogens (primary N) is 1. The fraction of sp³-hybridized carbons (Fsp3) is 0.632. The van der Waals surface area contributed by atoms with E-state index < -0.39 is 6.04 Å². The maximum atomic E-state index is 12.6. The van der Waals surface area contributed by atoms with Crippen LogP contribution >= 0.6 is 0 Å². The van der Waals surface area contributed by atoms with Gasteiger partial charge in [0.25, 0.3) is 0 Å². The summed E-state index contributed by atoms with van der Waals surface area (Å²) in [5.41, 5.74) is 7.06. The average Bonchev–Trinajstić information content (AvgIpc) is 2.62. The number of ether oxygens (including phenoxy) is 1. The second kappa shape index (κ2) is 7.21. The van der Waals surface area contributed by atoms with Gasteiger partial charge in [-0.05, 0) is 31.7 Å². The first-order valence-electron chi connectivity index (χ1n) is 8.95. The zero-order valence-corrected chi connectivity index (χ0v) is 14.4. The Balaban J connectivity index is 1.55. The minimum Gasteiger partial charge on any atom is -0.392 e. The number of likely N-dealkylation sites (tertiary alicyclic amines) is 1. The number of rotatable bonds is 5. The average molecular weight is 332 g/mol. The maximum Gasteiger partial charge on any atom is 0.239 e. The van der Waals surface area contributed by atoms with Gasteiger partial charge in [-0.15, -0.1) is 0 Å². The molecule has 1 aromatic carbocycles. The number of piperidine rings is 1. The maximum absolute atomic E-state index is 12.6. The van der Waals surface area contributed by atoms with Gasteiger partial charge in [0.15, 0.2) is 0 Å². The summed E-state index contributed by atoms with van der Waals surface area (Å²) in [4.78, 5) is 14.5. The molecule has 3 atom stereocenters. The Kier molecular flexibility index (Phi) is 5.23. The van der Waals surface area contributed by atoms with E-state index in [1.807, 2.05) is 42.2 Å². The number of hydrogen-bond acceptors (Lipinski definition) is 4. The van der Waals surface area contributed by atoms with Gasteiger partial charge in [0.05, 0.1) is 18.2 Å². The Hall–Kier alpha value is -1.43. The van der Waals surface area contributed by atoms with Gasteiger partial charge in [-0.3, -0.25) is 4.79 Å². The lowest BCUT2D eigenvalue weighted by Crippen LogP contribution is -2.63. The Morgan fingerprint density at radius 2 is 2.04 bits per heavy atom. The van der Waals surface area contributed by atoms with Crippen LogP contribution in [0.1, 0.15) is 31.7 Å². The van der Waals surface area contributed by atoms with Crippen molar-refractivity contribution in [1.82, 2.24) is 4.90 Å². The molecule has 1 amide bonds. The molecular weight excluding hydrogens is 304 g/mol. The summed E-state index contributed by atoms with van der Waals surface area (Å²) < 4.78 is 5.78. The largest absolute Gasteiger partial charge is 0.392 e. The summed E-state index contributed by atoms with van der Waals surface area (Å²) in [6, 6.07) is 9.37. The molecule has 1 spiro atoms. The van der Waals surface area contributed by atoms with E-state index in [0.29, 0.717) is 26.1 Å². The predicted molar refractivity (Wildman–Crippen MR) is 92.4 cm³/mol. The first kappa shape index (κ1) is 17.4. The van der Waals surface area contributed by atoms with Crippen molar-refractivity contribution in [2.75, 3.05) is 19.7 Å². The quantitative estimate of drug-likeness (QED) is 0.853. The number of hydrogen-bond donors (Lipinski definition) is 2. The molecule has 5 nitrogen and oxygen atoms in total. The van der Waals surface area contributed by atoms with Crippen molar-refractivity contribution in [3.8, 4) is 0 Å². The number of benzene rings is 1. The fourth-order valence-corrected chi connectivity index (χ4v) is 4.15. The van der Waals surface area contributed by atoms with Crippen molar-refractivity contribution >= 4 is 5.91 Å². The lowest BCUT2D eigenvalue weighted by molar-refractivity contribution is -0.210. The van der Waals surface area contributed by atoms with Crippen LogP contribution in [0, 0.1) is 5.41 Å². The summed E-state index contributed by atoms with van der Waals surface area (Å²) >= 11 is 0. The van der Waals surface area contributed by atoms with Gasteiger partial charge in [0.1, 0.15) is 0 Å². The van der Waals surface area contributed by atoms with Crippen LogP contribution in [0.4, 0.5) is 0 Å². The number of aliphatic hydroxyl groups is 1. The Morgan fingerprint density at radius 3 is 2.62 bits per heavy atom. The molecule has 3 rings (SSSR count). The molecule has 2 fully saturated rings. The lowest BCUT2D eigenvalue weighted by Gasteiger charge is -2.56. The third kappa shape index (κ3) is 3.21. The monoisotopic (exact) mass is 332 g/mol. The third-order valence-electron chi connectivity index (χ3n) is 5.73. The fourth-order valence-electron chi connectivity index (χ4n) is 4.15. The summed E-state index contributed by atoms with van der Waals surface area (Å²) in [7, 11) is 0. The number of amides is 1. The zero-order valence-electron chi connectivity index (χ0n) is 14.4. The van der Waals surface area contributed by atoms with Gasteiger partial charge in [-0.25, -0.2) is 0 Å².